The third-order valence-corrected chi connectivity index (χ3v) is 8.36. The number of carbonyl (C=O) groups is 1. The molecule has 1 aromatic heterocycles. The van der Waals surface area contributed by atoms with Gasteiger partial charge in [0.2, 0.25) is 0 Å². The molecular weight excluding hydrogens is 537 g/mol. The van der Waals surface area contributed by atoms with E-state index in [2.05, 4.69) is 17.0 Å². The van der Waals surface area contributed by atoms with E-state index in [-0.39, 0.29) is 20.6 Å². The first-order valence-corrected chi connectivity index (χ1v) is 13.7. The van der Waals surface area contributed by atoms with Crippen LogP contribution in [0.5, 0.6) is 0 Å². The number of sulfonamides is 1. The fourth-order valence-electron chi connectivity index (χ4n) is 4.40. The number of carboxylic acids is 1. The van der Waals surface area contributed by atoms with E-state index >= 15 is 0 Å². The summed E-state index contributed by atoms with van der Waals surface area (Å²) < 4.78 is 35.1. The van der Waals surface area contributed by atoms with Gasteiger partial charge in [-0.2, -0.15) is 0 Å². The number of aromatic nitrogens is 1. The van der Waals surface area contributed by atoms with Crippen molar-refractivity contribution < 1.29 is 23.1 Å². The molecule has 192 valence electrons. The minimum Gasteiger partial charge on any atom is -0.480 e. The summed E-state index contributed by atoms with van der Waals surface area (Å²) in [5.74, 6) is -1.30. The van der Waals surface area contributed by atoms with Crippen LogP contribution in [0.1, 0.15) is 0 Å². The molecule has 0 saturated carbocycles. The Labute approximate surface area is 224 Å². The molecule has 1 aliphatic rings. The molecule has 1 fully saturated rings. The van der Waals surface area contributed by atoms with Crippen molar-refractivity contribution >= 4 is 61.5 Å². The summed E-state index contributed by atoms with van der Waals surface area (Å²) in [6, 6.07) is 19.0. The summed E-state index contributed by atoms with van der Waals surface area (Å²) in [6.07, 6.45) is 1.89. The molecule has 0 aliphatic carbocycles. The van der Waals surface area contributed by atoms with Crippen LogP contribution in [0, 0.1) is 0 Å². The molecule has 0 unspecified atom stereocenters. The average Bonchev–Trinajstić information content (AvgIpc) is 3.30. The number of halogens is 2. The van der Waals surface area contributed by atoms with Gasteiger partial charge in [0, 0.05) is 46.1 Å². The summed E-state index contributed by atoms with van der Waals surface area (Å²) in [5.41, 5.74) is 3.14. The molecule has 37 heavy (non-hydrogen) atoms. The highest BCUT2D eigenvalue weighted by Crippen LogP contribution is 2.31. The lowest BCUT2D eigenvalue weighted by molar-refractivity contribution is -0.135. The molecule has 0 radical (unpaired) electrons. The topological polar surface area (TPSA) is 92.1 Å². The van der Waals surface area contributed by atoms with Crippen molar-refractivity contribution in [2.75, 3.05) is 42.1 Å². The summed E-state index contributed by atoms with van der Waals surface area (Å²) >= 11 is 12.0. The van der Waals surface area contributed by atoms with Crippen LogP contribution in [0.2, 0.25) is 10.0 Å². The molecule has 1 saturated heterocycles. The first-order valence-electron chi connectivity index (χ1n) is 11.5. The zero-order chi connectivity index (χ0) is 26.2. The summed E-state index contributed by atoms with van der Waals surface area (Å²) in [4.78, 5) is 13.7. The number of benzene rings is 3. The number of hydrogen-bond acceptors (Lipinski definition) is 5. The predicted octanol–water partition coefficient (Wildman–Crippen LogP) is 5.05. The van der Waals surface area contributed by atoms with Gasteiger partial charge in [-0.05, 0) is 66.7 Å². The number of morpholine rings is 1. The monoisotopic (exact) mass is 559 g/mol. The van der Waals surface area contributed by atoms with Crippen LogP contribution < -0.4 is 9.21 Å². The molecule has 11 heteroatoms. The van der Waals surface area contributed by atoms with Crippen LogP contribution in [-0.2, 0) is 19.6 Å². The van der Waals surface area contributed by atoms with E-state index in [0.29, 0.717) is 13.2 Å². The average molecular weight is 560 g/mol. The molecule has 5 rings (SSSR count). The number of fused-ring (bicyclic) bond motifs is 1. The zero-order valence-corrected chi connectivity index (χ0v) is 21.9. The highest BCUT2D eigenvalue weighted by atomic mass is 35.5. The number of anilines is 2. The Hall–Kier alpha value is -3.24. The smallest absolute Gasteiger partial charge is 0.324 e. The Balaban J connectivity index is 1.49. The maximum atomic E-state index is 13.4. The fraction of sp³-hybridized carbons (Fsp3) is 0.192. The lowest BCUT2D eigenvalue weighted by atomic mass is 10.2. The van der Waals surface area contributed by atoms with E-state index in [0.717, 1.165) is 39.7 Å². The van der Waals surface area contributed by atoms with Gasteiger partial charge in [-0.1, -0.05) is 23.2 Å². The number of nitrogens with zero attached hydrogens (tertiary/aromatic N) is 3. The van der Waals surface area contributed by atoms with Crippen molar-refractivity contribution in [2.24, 2.45) is 0 Å². The minimum absolute atomic E-state index is 0.133. The molecular formula is C26H23Cl2N3O5S. The highest BCUT2D eigenvalue weighted by molar-refractivity contribution is 7.92. The number of carboxylic acid groups (broad SMARTS) is 1. The van der Waals surface area contributed by atoms with Crippen LogP contribution in [0.15, 0.2) is 77.8 Å². The van der Waals surface area contributed by atoms with Gasteiger partial charge < -0.3 is 19.3 Å². The lowest BCUT2D eigenvalue weighted by Gasteiger charge is -2.29. The van der Waals surface area contributed by atoms with Crippen molar-refractivity contribution in [1.29, 1.82) is 0 Å². The summed E-state index contributed by atoms with van der Waals surface area (Å²) in [6.45, 7) is 2.37. The van der Waals surface area contributed by atoms with E-state index in [9.17, 15) is 18.3 Å². The molecule has 3 aromatic carbocycles. The van der Waals surface area contributed by atoms with Crippen LogP contribution in [0.4, 0.5) is 11.4 Å². The first kappa shape index (κ1) is 25.4. The molecule has 0 spiro atoms. The largest absolute Gasteiger partial charge is 0.480 e. The van der Waals surface area contributed by atoms with Crippen molar-refractivity contribution in [1.82, 2.24) is 4.57 Å². The molecule has 2 heterocycles. The molecule has 8 nitrogen and oxygen atoms in total. The van der Waals surface area contributed by atoms with Crippen LogP contribution in [0.3, 0.4) is 0 Å². The standard InChI is InChI=1S/C26H23Cl2N3O5S/c27-19-14-20(28)16-24(15-19)37(34,35)31(17-26(32)33)23-5-6-25-18(13-23)7-8-30(25)22-3-1-21(2-4-22)29-9-11-36-12-10-29/h1-8,13-16H,9-12,17H2,(H,32,33). The molecule has 0 atom stereocenters. The van der Waals surface area contributed by atoms with Crippen molar-refractivity contribution in [2.45, 2.75) is 4.90 Å². The van der Waals surface area contributed by atoms with Crippen molar-refractivity contribution in [3.8, 4) is 5.69 Å². The third kappa shape index (κ3) is 5.26. The second-order valence-corrected chi connectivity index (χ2v) is 11.3. The maximum absolute atomic E-state index is 13.4. The van der Waals surface area contributed by atoms with Gasteiger partial charge in [0.05, 0.1) is 29.3 Å². The maximum Gasteiger partial charge on any atom is 0.324 e. The number of hydrogen-bond donors (Lipinski definition) is 1. The summed E-state index contributed by atoms with van der Waals surface area (Å²) in [7, 11) is -4.26. The van der Waals surface area contributed by atoms with Gasteiger partial charge in [0.1, 0.15) is 6.54 Å². The molecule has 0 amide bonds. The number of rotatable bonds is 7. The SMILES string of the molecule is O=C(O)CN(c1ccc2c(ccn2-c2ccc(N3CCOCC3)cc2)c1)S(=O)(=O)c1cc(Cl)cc(Cl)c1. The lowest BCUT2D eigenvalue weighted by Crippen LogP contribution is -2.36. The van der Waals surface area contributed by atoms with E-state index < -0.39 is 22.5 Å². The van der Waals surface area contributed by atoms with E-state index in [1.807, 2.05) is 29.0 Å². The second kappa shape index (κ2) is 10.3. The number of aliphatic carboxylic acids is 1. The van der Waals surface area contributed by atoms with Gasteiger partial charge in [0.25, 0.3) is 10.0 Å². The van der Waals surface area contributed by atoms with Gasteiger partial charge in [-0.3, -0.25) is 9.10 Å². The zero-order valence-electron chi connectivity index (χ0n) is 19.5. The third-order valence-electron chi connectivity index (χ3n) is 6.17. The second-order valence-electron chi connectivity index (χ2n) is 8.56. The predicted molar refractivity (Wildman–Crippen MR) is 145 cm³/mol. The molecule has 0 bridgehead atoms. The van der Waals surface area contributed by atoms with Crippen LogP contribution in [0.25, 0.3) is 16.6 Å². The van der Waals surface area contributed by atoms with Gasteiger partial charge >= 0.3 is 5.97 Å². The van der Waals surface area contributed by atoms with E-state index in [1.54, 1.807) is 18.2 Å². The molecule has 1 N–H and O–H groups in total. The van der Waals surface area contributed by atoms with Crippen LogP contribution >= 0.6 is 23.2 Å². The Morgan fingerprint density at radius 2 is 1.57 bits per heavy atom. The quantitative estimate of drug-likeness (QED) is 0.340. The highest BCUT2D eigenvalue weighted by Gasteiger charge is 2.28. The van der Waals surface area contributed by atoms with Crippen molar-refractivity contribution in [3.63, 3.8) is 0 Å². The Bertz CT molecular complexity index is 1540. The minimum atomic E-state index is -4.26. The molecule has 4 aromatic rings. The number of ether oxygens (including phenoxy) is 1. The Morgan fingerprint density at radius 3 is 2.22 bits per heavy atom. The normalized spacial score (nSPS) is 14.2. The fourth-order valence-corrected chi connectivity index (χ4v) is 6.53. The Morgan fingerprint density at radius 1 is 0.919 bits per heavy atom. The Kier molecular flexibility index (Phi) is 7.04. The first-order chi connectivity index (χ1) is 17.7. The van der Waals surface area contributed by atoms with Gasteiger partial charge in [-0.15, -0.1) is 0 Å². The van der Waals surface area contributed by atoms with Crippen molar-refractivity contribution in [3.05, 3.63) is 83.0 Å². The van der Waals surface area contributed by atoms with E-state index in [4.69, 9.17) is 27.9 Å². The van der Waals surface area contributed by atoms with E-state index in [1.165, 1.54) is 18.2 Å². The molecule has 1 aliphatic heterocycles. The van der Waals surface area contributed by atoms with Gasteiger partial charge in [0.15, 0.2) is 0 Å². The van der Waals surface area contributed by atoms with Gasteiger partial charge in [-0.25, -0.2) is 8.42 Å². The van der Waals surface area contributed by atoms with Crippen LogP contribution in [-0.4, -0.2) is 56.9 Å². The summed E-state index contributed by atoms with van der Waals surface area (Å²) in [5, 5.41) is 10.5.